The van der Waals surface area contributed by atoms with Gasteiger partial charge < -0.3 is 19.6 Å². The molecule has 130 valence electrons. The fraction of sp³-hybridized carbons (Fsp3) is 0.200. The molecular formula is C15H17O7PS. The summed E-state index contributed by atoms with van der Waals surface area (Å²) < 4.78 is 41.0. The Morgan fingerprint density at radius 3 is 1.88 bits per heavy atom. The first-order valence-corrected chi connectivity index (χ1v) is 10.2. The molecule has 0 spiro atoms. The van der Waals surface area contributed by atoms with Gasteiger partial charge in [0.15, 0.2) is 6.29 Å². The zero-order valence-electron chi connectivity index (χ0n) is 12.7. The van der Waals surface area contributed by atoms with E-state index in [-0.39, 0.29) is 9.79 Å². The lowest BCUT2D eigenvalue weighted by Gasteiger charge is -2.10. The van der Waals surface area contributed by atoms with Crippen LogP contribution in [-0.2, 0) is 20.6 Å². The van der Waals surface area contributed by atoms with E-state index in [1.165, 1.54) is 55.5 Å². The van der Waals surface area contributed by atoms with Crippen molar-refractivity contribution < 1.29 is 32.6 Å². The summed E-state index contributed by atoms with van der Waals surface area (Å²) in [5, 5.41) is 9.12. The van der Waals surface area contributed by atoms with Gasteiger partial charge in [-0.2, -0.15) is 0 Å². The Morgan fingerprint density at radius 1 is 1.00 bits per heavy atom. The first-order chi connectivity index (χ1) is 11.1. The van der Waals surface area contributed by atoms with E-state index in [2.05, 4.69) is 0 Å². The second-order valence-corrected chi connectivity index (χ2v) is 8.75. The van der Waals surface area contributed by atoms with E-state index in [9.17, 15) is 13.0 Å². The van der Waals surface area contributed by atoms with Crippen molar-refractivity contribution in [2.75, 3.05) is 0 Å². The van der Waals surface area contributed by atoms with E-state index < -0.39 is 29.9 Å². The fourth-order valence-corrected chi connectivity index (χ4v) is 3.99. The maximum atomic E-state index is 12.5. The summed E-state index contributed by atoms with van der Waals surface area (Å²) in [4.78, 5) is 17.9. The molecule has 9 heteroatoms. The number of hydrogen-bond donors (Lipinski definition) is 3. The van der Waals surface area contributed by atoms with Gasteiger partial charge in [-0.3, -0.25) is 4.57 Å². The summed E-state index contributed by atoms with van der Waals surface area (Å²) in [5.74, 6) is 0.334. The molecule has 1 unspecified atom stereocenters. The lowest BCUT2D eigenvalue weighted by atomic mass is 10.2. The molecule has 0 aromatic heterocycles. The highest BCUT2D eigenvalue weighted by Crippen LogP contribution is 2.39. The minimum Gasteiger partial charge on any atom is -0.465 e. The standard InChI is InChI=1S/C15H17O7PS/c1-11(16)22-13-4-8-15(9-5-13)24(20,21)14-6-2-12(3-7-14)10-23(17,18)19/h2-9,11,16H,10H2,1H3,(H2,17,18,19). The van der Waals surface area contributed by atoms with Crippen LogP contribution in [-0.4, -0.2) is 29.6 Å². The smallest absolute Gasteiger partial charge is 0.329 e. The normalized spacial score (nSPS) is 13.5. The topological polar surface area (TPSA) is 121 Å². The van der Waals surface area contributed by atoms with E-state index in [1.807, 2.05) is 0 Å². The number of hydrogen-bond acceptors (Lipinski definition) is 5. The predicted octanol–water partition coefficient (Wildman–Crippen LogP) is 1.91. The van der Waals surface area contributed by atoms with E-state index in [1.54, 1.807) is 0 Å². The van der Waals surface area contributed by atoms with Gasteiger partial charge in [-0.05, 0) is 48.9 Å². The molecule has 0 radical (unpaired) electrons. The SMILES string of the molecule is CC(O)Oc1ccc(S(=O)(=O)c2ccc(CP(=O)(O)O)cc2)cc1. The Morgan fingerprint density at radius 2 is 1.46 bits per heavy atom. The summed E-state index contributed by atoms with van der Waals surface area (Å²) in [6.07, 6.45) is -1.45. The zero-order valence-corrected chi connectivity index (χ0v) is 14.4. The quantitative estimate of drug-likeness (QED) is 0.523. The van der Waals surface area contributed by atoms with Gasteiger partial charge in [0.05, 0.1) is 16.0 Å². The Labute approximate surface area is 139 Å². The zero-order chi connectivity index (χ0) is 18.0. The van der Waals surface area contributed by atoms with Crippen molar-refractivity contribution >= 4 is 17.4 Å². The first-order valence-electron chi connectivity index (χ1n) is 6.91. The number of rotatable bonds is 6. The van der Waals surface area contributed by atoms with Crippen molar-refractivity contribution in [2.45, 2.75) is 29.2 Å². The summed E-state index contributed by atoms with van der Waals surface area (Å²) in [7, 11) is -7.96. The van der Waals surface area contributed by atoms with Crippen molar-refractivity contribution in [2.24, 2.45) is 0 Å². The lowest BCUT2D eigenvalue weighted by molar-refractivity contribution is -0.000328. The van der Waals surface area contributed by atoms with Crippen molar-refractivity contribution in [3.05, 3.63) is 54.1 Å². The summed E-state index contributed by atoms with van der Waals surface area (Å²) in [6.45, 7) is 1.43. The van der Waals surface area contributed by atoms with Crippen molar-refractivity contribution in [3.63, 3.8) is 0 Å². The Bertz CT molecular complexity index is 836. The molecule has 1 atom stereocenters. The molecule has 2 aromatic carbocycles. The van der Waals surface area contributed by atoms with E-state index in [0.29, 0.717) is 11.3 Å². The van der Waals surface area contributed by atoms with E-state index in [4.69, 9.17) is 19.6 Å². The van der Waals surface area contributed by atoms with E-state index >= 15 is 0 Å². The molecule has 0 aliphatic rings. The third-order valence-corrected chi connectivity index (χ3v) is 5.63. The molecule has 0 aliphatic carbocycles. The number of sulfone groups is 1. The first kappa shape index (κ1) is 18.6. The van der Waals surface area contributed by atoms with Gasteiger partial charge in [0.2, 0.25) is 9.84 Å². The van der Waals surface area contributed by atoms with Crippen LogP contribution in [0.4, 0.5) is 0 Å². The minimum atomic E-state index is -4.20. The van der Waals surface area contributed by atoms with E-state index in [0.717, 1.165) is 0 Å². The minimum absolute atomic E-state index is 0.0150. The largest absolute Gasteiger partial charge is 0.465 e. The molecule has 0 amide bonds. The number of ether oxygens (including phenoxy) is 1. The van der Waals surface area contributed by atoms with Crippen LogP contribution >= 0.6 is 7.60 Å². The molecule has 0 bridgehead atoms. The lowest BCUT2D eigenvalue weighted by Crippen LogP contribution is -2.09. The molecule has 0 aliphatic heterocycles. The number of aliphatic hydroxyl groups excluding tert-OH is 1. The molecule has 0 fully saturated rings. The summed E-state index contributed by atoms with van der Waals surface area (Å²) in [6, 6.07) is 10.9. The average molecular weight is 372 g/mol. The molecule has 7 nitrogen and oxygen atoms in total. The molecule has 2 aromatic rings. The van der Waals surface area contributed by atoms with Crippen LogP contribution in [0, 0.1) is 0 Å². The Hall–Kier alpha value is -1.70. The van der Waals surface area contributed by atoms with Gasteiger partial charge in [0.1, 0.15) is 5.75 Å². The van der Waals surface area contributed by atoms with Crippen LogP contribution < -0.4 is 4.74 Å². The molecule has 0 saturated heterocycles. The van der Waals surface area contributed by atoms with Gasteiger partial charge in [0, 0.05) is 0 Å². The summed E-state index contributed by atoms with van der Waals surface area (Å²) in [5.41, 5.74) is 0.350. The number of aliphatic hydroxyl groups is 1. The molecule has 0 heterocycles. The predicted molar refractivity (Wildman–Crippen MR) is 86.4 cm³/mol. The van der Waals surface area contributed by atoms with Crippen LogP contribution in [0.1, 0.15) is 12.5 Å². The number of benzene rings is 2. The second kappa shape index (κ2) is 7.04. The van der Waals surface area contributed by atoms with Crippen LogP contribution in [0.3, 0.4) is 0 Å². The van der Waals surface area contributed by atoms with Crippen molar-refractivity contribution in [1.82, 2.24) is 0 Å². The Balaban J connectivity index is 2.25. The molecule has 3 N–H and O–H groups in total. The average Bonchev–Trinajstić information content (AvgIpc) is 2.46. The Kier molecular flexibility index (Phi) is 5.47. The fourth-order valence-electron chi connectivity index (χ4n) is 2.04. The van der Waals surface area contributed by atoms with Gasteiger partial charge in [-0.15, -0.1) is 0 Å². The highest BCUT2D eigenvalue weighted by molar-refractivity contribution is 7.91. The van der Waals surface area contributed by atoms with Gasteiger partial charge in [-0.25, -0.2) is 8.42 Å². The van der Waals surface area contributed by atoms with Crippen molar-refractivity contribution in [3.8, 4) is 5.75 Å². The third-order valence-electron chi connectivity index (χ3n) is 3.06. The highest BCUT2D eigenvalue weighted by Gasteiger charge is 2.19. The van der Waals surface area contributed by atoms with Crippen molar-refractivity contribution in [1.29, 1.82) is 0 Å². The molecule has 0 saturated carbocycles. The third kappa shape index (κ3) is 4.90. The molecule has 24 heavy (non-hydrogen) atoms. The summed E-state index contributed by atoms with van der Waals surface area (Å²) >= 11 is 0. The van der Waals surface area contributed by atoms with Crippen LogP contribution in [0.15, 0.2) is 58.3 Å². The second-order valence-electron chi connectivity index (χ2n) is 5.16. The monoisotopic (exact) mass is 372 g/mol. The van der Waals surface area contributed by atoms with Crippen LogP contribution in [0.25, 0.3) is 0 Å². The maximum absolute atomic E-state index is 12.5. The highest BCUT2D eigenvalue weighted by atomic mass is 32.2. The maximum Gasteiger partial charge on any atom is 0.329 e. The van der Waals surface area contributed by atoms with Crippen LogP contribution in [0.2, 0.25) is 0 Å². The van der Waals surface area contributed by atoms with Gasteiger partial charge >= 0.3 is 7.60 Å². The molecular weight excluding hydrogens is 355 g/mol. The van der Waals surface area contributed by atoms with Gasteiger partial charge in [-0.1, -0.05) is 12.1 Å². The van der Waals surface area contributed by atoms with Gasteiger partial charge in [0.25, 0.3) is 0 Å². The molecule has 2 rings (SSSR count). The van der Waals surface area contributed by atoms with Crippen LogP contribution in [0.5, 0.6) is 5.75 Å².